The van der Waals surface area contributed by atoms with Crippen LogP contribution in [0.15, 0.2) is 77.3 Å². The number of fused-ring (bicyclic) bond motifs is 8. The normalized spacial score (nSPS) is 12.4. The van der Waals surface area contributed by atoms with Crippen LogP contribution in [0.5, 0.6) is 0 Å². The molecule has 1 nitrogen and oxygen atoms in total. The largest absolute Gasteiger partial charge is 0.308 e. The van der Waals surface area contributed by atoms with Gasteiger partial charge in [-0.3, -0.25) is 0 Å². The minimum absolute atomic E-state index is 1.15. The molecule has 0 aliphatic rings. The van der Waals surface area contributed by atoms with Gasteiger partial charge in [0.05, 0.1) is 16.6 Å². The van der Waals surface area contributed by atoms with Gasteiger partial charge in [-0.2, -0.15) is 0 Å². The van der Waals surface area contributed by atoms with Crippen LogP contribution in [-0.4, -0.2) is 4.40 Å². The molecule has 2 heteroatoms. The predicted octanol–water partition coefficient (Wildman–Crippen LogP) is 6.75. The second kappa shape index (κ2) is 4.28. The molecule has 0 aliphatic carbocycles. The molecule has 0 amide bonds. The molecule has 0 unspecified atom stereocenters. The molecule has 2 aromatic heterocycles. The molecule has 6 aromatic rings. The Kier molecular flexibility index (Phi) is 2.28. The lowest BCUT2D eigenvalue weighted by Gasteiger charge is -2.04. The summed E-state index contributed by atoms with van der Waals surface area (Å²) in [7, 11) is 0. The van der Waals surface area contributed by atoms with Crippen LogP contribution in [0.1, 0.15) is 0 Å². The first-order valence-corrected chi connectivity index (χ1v) is 8.88. The van der Waals surface area contributed by atoms with E-state index in [1.54, 1.807) is 0 Å². The number of rotatable bonds is 0. The number of hydrogen-bond donors (Lipinski definition) is 0. The summed E-state index contributed by atoms with van der Waals surface area (Å²) in [6.07, 6.45) is 0. The van der Waals surface area contributed by atoms with Gasteiger partial charge in [0, 0.05) is 26.0 Å². The van der Waals surface area contributed by atoms with Crippen molar-refractivity contribution in [3.8, 4) is 0 Å². The van der Waals surface area contributed by atoms with Crippen molar-refractivity contribution in [2.45, 2.75) is 0 Å². The zero-order valence-corrected chi connectivity index (χ0v) is 14.3. The average Bonchev–Trinajstić information content (AvgIpc) is 3.14. The van der Waals surface area contributed by atoms with E-state index in [2.05, 4.69) is 93.1 Å². The number of halogens is 1. The summed E-state index contributed by atoms with van der Waals surface area (Å²) in [6, 6.07) is 26.3. The highest BCUT2D eigenvalue weighted by molar-refractivity contribution is 9.10. The highest BCUT2D eigenvalue weighted by atomic mass is 79.9. The van der Waals surface area contributed by atoms with Crippen LogP contribution in [0.3, 0.4) is 0 Å². The molecule has 6 rings (SSSR count). The summed E-state index contributed by atoms with van der Waals surface area (Å²) in [5, 5.41) is 7.92. The molecular formula is C22H12BrN. The topological polar surface area (TPSA) is 4.41 Å². The van der Waals surface area contributed by atoms with Gasteiger partial charge in [0.1, 0.15) is 0 Å². The lowest BCUT2D eigenvalue weighted by molar-refractivity contribution is 1.37. The molecule has 0 bridgehead atoms. The summed E-state index contributed by atoms with van der Waals surface area (Å²) >= 11 is 3.70. The predicted molar refractivity (Wildman–Crippen MR) is 106 cm³/mol. The van der Waals surface area contributed by atoms with Crippen LogP contribution in [0.4, 0.5) is 0 Å². The molecule has 0 spiro atoms. The van der Waals surface area contributed by atoms with Gasteiger partial charge < -0.3 is 4.40 Å². The van der Waals surface area contributed by atoms with E-state index in [1.165, 1.54) is 48.9 Å². The van der Waals surface area contributed by atoms with Crippen LogP contribution in [-0.2, 0) is 0 Å². The molecule has 112 valence electrons. The maximum absolute atomic E-state index is 3.70. The Bertz CT molecular complexity index is 1410. The Morgan fingerprint density at radius 1 is 0.542 bits per heavy atom. The van der Waals surface area contributed by atoms with Gasteiger partial charge >= 0.3 is 0 Å². The van der Waals surface area contributed by atoms with Crippen molar-refractivity contribution < 1.29 is 0 Å². The molecule has 4 aromatic carbocycles. The Hall–Kier alpha value is -2.58. The van der Waals surface area contributed by atoms with Gasteiger partial charge in [-0.15, -0.1) is 0 Å². The SMILES string of the molecule is Brc1cccc2c1ccc1c2c2cccc3c4ccccc4n1c32. The van der Waals surface area contributed by atoms with Crippen molar-refractivity contribution in [3.05, 3.63) is 77.3 Å². The second-order valence-corrected chi connectivity index (χ2v) is 7.20. The van der Waals surface area contributed by atoms with E-state index in [0.717, 1.165) is 4.47 Å². The Balaban J connectivity index is 2.05. The summed E-state index contributed by atoms with van der Waals surface area (Å²) < 4.78 is 3.58. The highest BCUT2D eigenvalue weighted by Crippen LogP contribution is 2.42. The molecule has 2 heterocycles. The van der Waals surface area contributed by atoms with Crippen molar-refractivity contribution >= 4 is 64.8 Å². The van der Waals surface area contributed by atoms with E-state index < -0.39 is 0 Å². The molecule has 0 N–H and O–H groups in total. The van der Waals surface area contributed by atoms with Crippen LogP contribution < -0.4 is 0 Å². The third-order valence-electron chi connectivity index (χ3n) is 5.19. The monoisotopic (exact) mass is 369 g/mol. The van der Waals surface area contributed by atoms with Crippen LogP contribution >= 0.6 is 15.9 Å². The fourth-order valence-corrected chi connectivity index (χ4v) is 4.75. The first kappa shape index (κ1) is 12.8. The molecule has 24 heavy (non-hydrogen) atoms. The lowest BCUT2D eigenvalue weighted by Crippen LogP contribution is -1.81. The minimum Gasteiger partial charge on any atom is -0.308 e. The van der Waals surface area contributed by atoms with Gasteiger partial charge in [-0.05, 0) is 29.0 Å². The second-order valence-electron chi connectivity index (χ2n) is 6.35. The van der Waals surface area contributed by atoms with Gasteiger partial charge in [0.2, 0.25) is 0 Å². The number of para-hydroxylation sites is 2. The quantitative estimate of drug-likeness (QED) is 0.278. The highest BCUT2D eigenvalue weighted by Gasteiger charge is 2.18. The molecular weight excluding hydrogens is 358 g/mol. The smallest absolute Gasteiger partial charge is 0.0620 e. The van der Waals surface area contributed by atoms with Crippen molar-refractivity contribution in [2.75, 3.05) is 0 Å². The average molecular weight is 370 g/mol. The molecule has 0 fully saturated rings. The van der Waals surface area contributed by atoms with Crippen LogP contribution in [0, 0.1) is 0 Å². The molecule has 0 aliphatic heterocycles. The number of aromatic nitrogens is 1. The fraction of sp³-hybridized carbons (Fsp3) is 0. The first-order chi connectivity index (χ1) is 11.8. The standard InChI is InChI=1S/C22H12BrN/c23-18-9-4-6-15-13(18)11-12-20-21(15)17-8-3-7-16-14-5-1-2-10-19(14)24(20)22(16)17/h1-12H. The Morgan fingerprint density at radius 3 is 2.25 bits per heavy atom. The van der Waals surface area contributed by atoms with E-state index in [4.69, 9.17) is 0 Å². The van der Waals surface area contributed by atoms with Crippen LogP contribution in [0.25, 0.3) is 48.9 Å². The van der Waals surface area contributed by atoms with E-state index >= 15 is 0 Å². The lowest BCUT2D eigenvalue weighted by atomic mass is 10.0. The van der Waals surface area contributed by atoms with Gasteiger partial charge in [-0.25, -0.2) is 0 Å². The van der Waals surface area contributed by atoms with Crippen molar-refractivity contribution in [2.24, 2.45) is 0 Å². The van der Waals surface area contributed by atoms with Crippen molar-refractivity contribution in [1.29, 1.82) is 0 Å². The number of nitrogens with zero attached hydrogens (tertiary/aromatic N) is 1. The number of benzene rings is 4. The third-order valence-corrected chi connectivity index (χ3v) is 5.88. The summed E-state index contributed by atoms with van der Waals surface area (Å²) in [5.41, 5.74) is 3.90. The molecule has 0 radical (unpaired) electrons. The fourth-order valence-electron chi connectivity index (χ4n) is 4.25. The van der Waals surface area contributed by atoms with E-state index in [-0.39, 0.29) is 0 Å². The molecule has 0 saturated carbocycles. The zero-order chi connectivity index (χ0) is 15.8. The summed E-state index contributed by atoms with van der Waals surface area (Å²) in [5.74, 6) is 0. The Labute approximate surface area is 146 Å². The maximum atomic E-state index is 3.70. The first-order valence-electron chi connectivity index (χ1n) is 8.09. The summed E-state index contributed by atoms with van der Waals surface area (Å²) in [4.78, 5) is 0. The molecule has 0 atom stereocenters. The Morgan fingerprint density at radius 2 is 1.29 bits per heavy atom. The zero-order valence-electron chi connectivity index (χ0n) is 12.8. The maximum Gasteiger partial charge on any atom is 0.0620 e. The summed E-state index contributed by atoms with van der Waals surface area (Å²) in [6.45, 7) is 0. The van der Waals surface area contributed by atoms with Crippen molar-refractivity contribution in [3.63, 3.8) is 0 Å². The number of hydrogen-bond acceptors (Lipinski definition) is 0. The third kappa shape index (κ3) is 1.37. The minimum atomic E-state index is 1.15. The molecule has 0 saturated heterocycles. The van der Waals surface area contributed by atoms with E-state index in [0.29, 0.717) is 0 Å². The van der Waals surface area contributed by atoms with E-state index in [1.807, 2.05) is 0 Å². The van der Waals surface area contributed by atoms with Gasteiger partial charge in [-0.1, -0.05) is 70.5 Å². The van der Waals surface area contributed by atoms with Crippen molar-refractivity contribution in [1.82, 2.24) is 4.40 Å². The van der Waals surface area contributed by atoms with Crippen LogP contribution in [0.2, 0.25) is 0 Å². The van der Waals surface area contributed by atoms with E-state index in [9.17, 15) is 0 Å². The van der Waals surface area contributed by atoms with Gasteiger partial charge in [0.25, 0.3) is 0 Å². The van der Waals surface area contributed by atoms with Gasteiger partial charge in [0.15, 0.2) is 0 Å².